The number of hydrogen-bond donors (Lipinski definition) is 3. The largest absolute Gasteiger partial charge is 0.350 e. The topological polar surface area (TPSA) is 90.9 Å². The maximum Gasteiger partial charge on any atom is 0.223 e. The van der Waals surface area contributed by atoms with Crippen LogP contribution in [0.4, 0.5) is 0 Å². The second-order valence-electron chi connectivity index (χ2n) is 6.58. The molecule has 4 N–H and O–H groups in total. The summed E-state index contributed by atoms with van der Waals surface area (Å²) in [5.74, 6) is 0.331. The molecule has 7 nitrogen and oxygen atoms in total. The summed E-state index contributed by atoms with van der Waals surface area (Å²) in [5, 5.41) is 6.56. The van der Waals surface area contributed by atoms with Crippen LogP contribution >= 0.6 is 0 Å². The highest BCUT2D eigenvalue weighted by atomic mass is 15.4. The molecule has 7 heteroatoms. The van der Waals surface area contributed by atoms with Crippen LogP contribution in [0.3, 0.4) is 0 Å². The van der Waals surface area contributed by atoms with Gasteiger partial charge in [-0.05, 0) is 25.7 Å². The standard InChI is InChI=1S/C19H25N7/c1-26(2)12-10-19(20)24-17(16-8-4-3-5-9-16)23-18(25-19)22-14-15-7-6-11-21-13-15/h3-9,11,13H,10,12,14,20H2,1-2H3,(H2,22,23,24,25). The number of hydrogen-bond acceptors (Lipinski definition) is 7. The molecule has 0 amide bonds. The summed E-state index contributed by atoms with van der Waals surface area (Å²) >= 11 is 0. The van der Waals surface area contributed by atoms with Crippen LogP contribution in [0.2, 0.25) is 0 Å². The van der Waals surface area contributed by atoms with Crippen molar-refractivity contribution in [2.24, 2.45) is 15.7 Å². The lowest BCUT2D eigenvalue weighted by Gasteiger charge is -2.33. The van der Waals surface area contributed by atoms with E-state index in [0.29, 0.717) is 18.9 Å². The Morgan fingerprint density at radius 3 is 2.65 bits per heavy atom. The van der Waals surface area contributed by atoms with Crippen molar-refractivity contribution in [2.45, 2.75) is 18.8 Å². The molecule has 0 spiro atoms. The molecule has 1 aromatic carbocycles. The van der Waals surface area contributed by atoms with Crippen LogP contribution in [0.25, 0.3) is 0 Å². The molecule has 0 bridgehead atoms. The summed E-state index contributed by atoms with van der Waals surface area (Å²) in [4.78, 5) is 15.5. The van der Waals surface area contributed by atoms with Gasteiger partial charge in [0.1, 0.15) is 5.84 Å². The molecule has 2 heterocycles. The molecule has 0 saturated heterocycles. The molecule has 1 unspecified atom stereocenters. The highest BCUT2D eigenvalue weighted by molar-refractivity contribution is 6.07. The Hall–Kier alpha value is -2.77. The first-order valence-electron chi connectivity index (χ1n) is 8.63. The van der Waals surface area contributed by atoms with E-state index in [4.69, 9.17) is 5.73 Å². The van der Waals surface area contributed by atoms with Gasteiger partial charge in [-0.3, -0.25) is 10.7 Å². The van der Waals surface area contributed by atoms with E-state index in [1.54, 1.807) is 6.20 Å². The quantitative estimate of drug-likeness (QED) is 0.726. The molecule has 26 heavy (non-hydrogen) atoms. The lowest BCUT2D eigenvalue weighted by atomic mass is 10.1. The summed E-state index contributed by atoms with van der Waals surface area (Å²) in [6, 6.07) is 13.8. The maximum atomic E-state index is 6.54. The minimum atomic E-state index is -0.908. The third-order valence-corrected chi connectivity index (χ3v) is 4.02. The molecule has 0 saturated carbocycles. The fourth-order valence-corrected chi connectivity index (χ4v) is 2.59. The Kier molecular flexibility index (Phi) is 5.60. The molecule has 0 aliphatic carbocycles. The van der Waals surface area contributed by atoms with Crippen molar-refractivity contribution in [3.8, 4) is 0 Å². The summed E-state index contributed by atoms with van der Waals surface area (Å²) < 4.78 is 0. The van der Waals surface area contributed by atoms with Crippen LogP contribution in [0.5, 0.6) is 0 Å². The van der Waals surface area contributed by atoms with Crippen LogP contribution in [0, 0.1) is 0 Å². The van der Waals surface area contributed by atoms with Gasteiger partial charge < -0.3 is 15.5 Å². The predicted molar refractivity (Wildman–Crippen MR) is 105 cm³/mol. The van der Waals surface area contributed by atoms with Gasteiger partial charge in [0.15, 0.2) is 5.79 Å². The Morgan fingerprint density at radius 2 is 1.96 bits per heavy atom. The van der Waals surface area contributed by atoms with Crippen LogP contribution in [-0.2, 0) is 6.54 Å². The van der Waals surface area contributed by atoms with Crippen molar-refractivity contribution < 1.29 is 0 Å². The predicted octanol–water partition coefficient (Wildman–Crippen LogP) is 1.14. The van der Waals surface area contributed by atoms with E-state index in [-0.39, 0.29) is 0 Å². The molecular formula is C19H25N7. The van der Waals surface area contributed by atoms with E-state index in [0.717, 1.165) is 23.5 Å². The van der Waals surface area contributed by atoms with Crippen molar-refractivity contribution in [2.75, 3.05) is 20.6 Å². The molecule has 0 radical (unpaired) electrons. The number of pyridine rings is 1. The zero-order chi connectivity index (χ0) is 18.4. The van der Waals surface area contributed by atoms with E-state index < -0.39 is 5.79 Å². The highest BCUT2D eigenvalue weighted by Gasteiger charge is 2.30. The first-order valence-corrected chi connectivity index (χ1v) is 8.63. The van der Waals surface area contributed by atoms with Crippen molar-refractivity contribution in [3.05, 3.63) is 66.0 Å². The first kappa shape index (κ1) is 18.0. The fourth-order valence-electron chi connectivity index (χ4n) is 2.59. The van der Waals surface area contributed by atoms with Crippen LogP contribution in [0.15, 0.2) is 64.8 Å². The van der Waals surface area contributed by atoms with E-state index in [1.165, 1.54) is 0 Å². The molecule has 1 aliphatic rings. The number of guanidine groups is 1. The second-order valence-corrected chi connectivity index (χ2v) is 6.58. The molecule has 0 fully saturated rings. The number of nitrogens with two attached hydrogens (primary N) is 1. The Bertz CT molecular complexity index is 771. The van der Waals surface area contributed by atoms with Crippen molar-refractivity contribution in [3.63, 3.8) is 0 Å². The van der Waals surface area contributed by atoms with Gasteiger partial charge in [0, 0.05) is 37.5 Å². The molecule has 1 aliphatic heterocycles. The molecular weight excluding hydrogens is 326 g/mol. The van der Waals surface area contributed by atoms with Gasteiger partial charge in [-0.2, -0.15) is 4.99 Å². The van der Waals surface area contributed by atoms with Crippen molar-refractivity contribution in [1.82, 2.24) is 20.5 Å². The average Bonchev–Trinajstić information content (AvgIpc) is 2.66. The third-order valence-electron chi connectivity index (χ3n) is 4.02. The minimum Gasteiger partial charge on any atom is -0.350 e. The molecule has 3 rings (SSSR count). The lowest BCUT2D eigenvalue weighted by molar-refractivity contribution is 0.302. The monoisotopic (exact) mass is 351 g/mol. The Morgan fingerprint density at radius 1 is 1.15 bits per heavy atom. The lowest BCUT2D eigenvalue weighted by Crippen LogP contribution is -2.59. The van der Waals surface area contributed by atoms with Gasteiger partial charge in [0.2, 0.25) is 5.96 Å². The smallest absolute Gasteiger partial charge is 0.223 e. The van der Waals surface area contributed by atoms with Gasteiger partial charge in [-0.15, -0.1) is 0 Å². The molecule has 1 atom stereocenters. The third kappa shape index (κ3) is 4.87. The number of aliphatic imine (C=N–C) groups is 2. The van der Waals surface area contributed by atoms with Gasteiger partial charge in [-0.1, -0.05) is 36.4 Å². The zero-order valence-corrected chi connectivity index (χ0v) is 15.2. The van der Waals surface area contributed by atoms with Crippen LogP contribution in [-0.4, -0.2) is 48.1 Å². The van der Waals surface area contributed by atoms with Gasteiger partial charge in [-0.25, -0.2) is 4.99 Å². The van der Waals surface area contributed by atoms with E-state index in [2.05, 4.69) is 30.5 Å². The maximum absolute atomic E-state index is 6.54. The Balaban J connectivity index is 1.82. The van der Waals surface area contributed by atoms with Gasteiger partial charge >= 0.3 is 0 Å². The normalized spacial score (nSPS) is 19.5. The summed E-state index contributed by atoms with van der Waals surface area (Å²) in [6.07, 6.45) is 4.23. The number of nitrogens with zero attached hydrogens (tertiary/aromatic N) is 4. The van der Waals surface area contributed by atoms with E-state index in [9.17, 15) is 0 Å². The van der Waals surface area contributed by atoms with Gasteiger partial charge in [0.25, 0.3) is 0 Å². The molecule has 136 valence electrons. The first-order chi connectivity index (χ1) is 12.5. The summed E-state index contributed by atoms with van der Waals surface area (Å²) in [6.45, 7) is 1.40. The second kappa shape index (κ2) is 8.07. The highest BCUT2D eigenvalue weighted by Crippen LogP contribution is 2.14. The number of aromatic nitrogens is 1. The fraction of sp³-hybridized carbons (Fsp3) is 0.316. The summed E-state index contributed by atoms with van der Waals surface area (Å²) in [7, 11) is 4.04. The van der Waals surface area contributed by atoms with E-state index in [1.807, 2.05) is 62.8 Å². The number of rotatable bonds is 6. The summed E-state index contributed by atoms with van der Waals surface area (Å²) in [5.41, 5.74) is 8.57. The molecule has 1 aromatic heterocycles. The van der Waals surface area contributed by atoms with Crippen molar-refractivity contribution in [1.29, 1.82) is 0 Å². The van der Waals surface area contributed by atoms with Crippen LogP contribution in [0.1, 0.15) is 17.5 Å². The SMILES string of the molecule is CN(C)CCC1(N)N=C(NCc2cccnc2)N=C(c2ccccc2)N1. The zero-order valence-electron chi connectivity index (χ0n) is 15.2. The molecule has 2 aromatic rings. The van der Waals surface area contributed by atoms with E-state index >= 15 is 0 Å². The minimum absolute atomic E-state index is 0.521. The van der Waals surface area contributed by atoms with Crippen LogP contribution < -0.4 is 16.4 Å². The van der Waals surface area contributed by atoms with Crippen molar-refractivity contribution >= 4 is 11.8 Å². The number of nitrogens with one attached hydrogen (secondary N) is 2. The number of amidine groups is 1. The Labute approximate surface area is 154 Å². The van der Waals surface area contributed by atoms with Gasteiger partial charge in [0.05, 0.1) is 0 Å². The average molecular weight is 351 g/mol. The number of benzene rings is 1.